The molecule has 0 radical (unpaired) electrons. The van der Waals surface area contributed by atoms with Crippen molar-refractivity contribution < 1.29 is 14.3 Å². The first kappa shape index (κ1) is 23.1. The van der Waals surface area contributed by atoms with Gasteiger partial charge in [0.1, 0.15) is 5.75 Å². The number of methoxy groups -OCH3 is 1. The van der Waals surface area contributed by atoms with Crippen molar-refractivity contribution in [2.24, 2.45) is 11.8 Å². The van der Waals surface area contributed by atoms with Gasteiger partial charge >= 0.3 is 0 Å². The summed E-state index contributed by atoms with van der Waals surface area (Å²) in [6.07, 6.45) is 7.54. The van der Waals surface area contributed by atoms with Crippen LogP contribution in [0.3, 0.4) is 0 Å². The van der Waals surface area contributed by atoms with Gasteiger partial charge in [-0.2, -0.15) is 0 Å². The number of para-hydroxylation sites is 1. The fourth-order valence-electron chi connectivity index (χ4n) is 5.08. The van der Waals surface area contributed by atoms with Gasteiger partial charge in [0.15, 0.2) is 0 Å². The van der Waals surface area contributed by atoms with Crippen LogP contribution in [0, 0.1) is 11.8 Å². The molecule has 0 N–H and O–H groups in total. The third-order valence-electron chi connectivity index (χ3n) is 6.93. The van der Waals surface area contributed by atoms with Crippen LogP contribution in [0.2, 0.25) is 0 Å². The Morgan fingerprint density at radius 3 is 2.52 bits per heavy atom. The van der Waals surface area contributed by atoms with Gasteiger partial charge in [0, 0.05) is 37.7 Å². The molecule has 2 unspecified atom stereocenters. The van der Waals surface area contributed by atoms with E-state index in [0.29, 0.717) is 32.6 Å². The summed E-state index contributed by atoms with van der Waals surface area (Å²) in [4.78, 5) is 30.6. The Kier molecular flexibility index (Phi) is 7.48. The molecule has 1 saturated heterocycles. The maximum absolute atomic E-state index is 13.4. The summed E-state index contributed by atoms with van der Waals surface area (Å²) in [5.74, 6) is 0.944. The summed E-state index contributed by atoms with van der Waals surface area (Å²) in [6.45, 7) is 4.38. The highest BCUT2D eigenvalue weighted by Crippen LogP contribution is 2.34. The Labute approximate surface area is 197 Å². The van der Waals surface area contributed by atoms with Gasteiger partial charge in [-0.05, 0) is 49.8 Å². The fraction of sp³-hybridized carbons (Fsp3) is 0.429. The van der Waals surface area contributed by atoms with Crippen LogP contribution in [0.1, 0.15) is 31.7 Å². The summed E-state index contributed by atoms with van der Waals surface area (Å²) < 4.78 is 5.60. The number of ether oxygens (including phenoxy) is 1. The van der Waals surface area contributed by atoms with Crippen LogP contribution in [0.4, 0.5) is 0 Å². The molecule has 174 valence electrons. The van der Waals surface area contributed by atoms with Crippen LogP contribution < -0.4 is 4.74 Å². The second kappa shape index (κ2) is 10.7. The molecule has 4 rings (SSSR count). The van der Waals surface area contributed by atoms with E-state index in [4.69, 9.17) is 4.74 Å². The lowest BCUT2D eigenvalue weighted by Crippen LogP contribution is -2.41. The number of rotatable bonds is 6. The Hall–Kier alpha value is -3.08. The Balaban J connectivity index is 1.62. The predicted octanol–water partition coefficient (Wildman–Crippen LogP) is 4.57. The fourth-order valence-corrected chi connectivity index (χ4v) is 5.08. The van der Waals surface area contributed by atoms with Crippen molar-refractivity contribution in [2.45, 2.75) is 32.6 Å². The maximum Gasteiger partial charge on any atom is 0.227 e. The highest BCUT2D eigenvalue weighted by Gasteiger charge is 2.34. The summed E-state index contributed by atoms with van der Waals surface area (Å²) in [5, 5.41) is 0. The van der Waals surface area contributed by atoms with E-state index in [0.717, 1.165) is 41.7 Å². The summed E-state index contributed by atoms with van der Waals surface area (Å²) >= 11 is 0. The van der Waals surface area contributed by atoms with Crippen LogP contribution in [0.25, 0.3) is 11.1 Å². The molecule has 2 aliphatic rings. The summed E-state index contributed by atoms with van der Waals surface area (Å²) in [6, 6.07) is 16.2. The van der Waals surface area contributed by atoms with E-state index in [1.54, 1.807) is 7.11 Å². The number of nitrogens with zero attached hydrogens (tertiary/aromatic N) is 2. The van der Waals surface area contributed by atoms with Crippen molar-refractivity contribution in [3.05, 3.63) is 66.2 Å². The highest BCUT2D eigenvalue weighted by atomic mass is 16.5. The number of likely N-dealkylation sites (N-methyl/N-ethyl adjacent to an activating group) is 1. The number of carbonyl (C=O) groups is 2. The second-order valence-corrected chi connectivity index (χ2v) is 8.94. The van der Waals surface area contributed by atoms with E-state index >= 15 is 0 Å². The van der Waals surface area contributed by atoms with Gasteiger partial charge in [0.25, 0.3) is 0 Å². The third kappa shape index (κ3) is 5.13. The molecular weight excluding hydrogens is 412 g/mol. The zero-order chi connectivity index (χ0) is 23.2. The van der Waals surface area contributed by atoms with Gasteiger partial charge in [-0.25, -0.2) is 0 Å². The molecule has 0 bridgehead atoms. The van der Waals surface area contributed by atoms with Crippen LogP contribution in [-0.4, -0.2) is 54.9 Å². The van der Waals surface area contributed by atoms with Crippen molar-refractivity contribution in [3.8, 4) is 16.9 Å². The quantitative estimate of drug-likeness (QED) is 0.611. The van der Waals surface area contributed by atoms with Crippen LogP contribution in [-0.2, 0) is 16.0 Å². The number of allylic oxidation sites excluding steroid dienone is 2. The first-order chi connectivity index (χ1) is 16.1. The standard InChI is InChI=1S/C28H34N2O3/c1-3-29-17-18-30(27(31)21-11-5-4-6-12-21)20-23(28(29)32)19-22-13-7-8-14-24(22)25-15-9-10-16-26(25)33-2/h4-5,7-10,13-16,21,23H,3,6,11-12,17-20H2,1-2H3. The zero-order valence-corrected chi connectivity index (χ0v) is 19.7. The normalized spacial score (nSPS) is 21.1. The topological polar surface area (TPSA) is 49.9 Å². The lowest BCUT2D eigenvalue weighted by atomic mass is 9.90. The van der Waals surface area contributed by atoms with E-state index in [2.05, 4.69) is 30.4 Å². The van der Waals surface area contributed by atoms with Crippen LogP contribution in [0.5, 0.6) is 5.75 Å². The van der Waals surface area contributed by atoms with Crippen LogP contribution >= 0.6 is 0 Å². The molecule has 2 atom stereocenters. The zero-order valence-electron chi connectivity index (χ0n) is 19.7. The first-order valence-corrected chi connectivity index (χ1v) is 12.1. The molecular formula is C28H34N2O3. The van der Waals surface area contributed by atoms with Gasteiger partial charge in [-0.15, -0.1) is 0 Å². The average molecular weight is 447 g/mol. The third-order valence-corrected chi connectivity index (χ3v) is 6.93. The van der Waals surface area contributed by atoms with Crippen molar-refractivity contribution in [1.29, 1.82) is 0 Å². The van der Waals surface area contributed by atoms with Gasteiger partial charge in [0.05, 0.1) is 13.0 Å². The SMILES string of the molecule is CCN1CCN(C(=O)C2CC=CCC2)CC(Cc2ccccc2-c2ccccc2OC)C1=O. The van der Waals surface area contributed by atoms with Crippen molar-refractivity contribution in [3.63, 3.8) is 0 Å². The van der Waals surface area contributed by atoms with E-state index in [-0.39, 0.29) is 23.7 Å². The minimum atomic E-state index is -0.258. The monoisotopic (exact) mass is 446 g/mol. The Morgan fingerprint density at radius 2 is 1.79 bits per heavy atom. The molecule has 2 aromatic rings. The molecule has 0 aromatic heterocycles. The van der Waals surface area contributed by atoms with E-state index in [1.165, 1.54) is 0 Å². The molecule has 5 heteroatoms. The number of amides is 2. The molecule has 2 amide bonds. The predicted molar refractivity (Wildman–Crippen MR) is 131 cm³/mol. The maximum atomic E-state index is 13.4. The molecule has 1 aliphatic carbocycles. The lowest BCUT2D eigenvalue weighted by molar-refractivity contribution is -0.136. The summed E-state index contributed by atoms with van der Waals surface area (Å²) in [5.41, 5.74) is 3.20. The highest BCUT2D eigenvalue weighted by molar-refractivity contribution is 5.84. The van der Waals surface area contributed by atoms with E-state index in [9.17, 15) is 9.59 Å². The summed E-state index contributed by atoms with van der Waals surface area (Å²) in [7, 11) is 1.68. The minimum absolute atomic E-state index is 0.0415. The van der Waals surface area contributed by atoms with E-state index < -0.39 is 0 Å². The second-order valence-electron chi connectivity index (χ2n) is 8.94. The van der Waals surface area contributed by atoms with Gasteiger partial charge in [-0.1, -0.05) is 54.6 Å². The molecule has 2 aromatic carbocycles. The van der Waals surface area contributed by atoms with Gasteiger partial charge < -0.3 is 14.5 Å². The van der Waals surface area contributed by atoms with Gasteiger partial charge in [-0.3, -0.25) is 9.59 Å². The van der Waals surface area contributed by atoms with Crippen molar-refractivity contribution in [2.75, 3.05) is 33.3 Å². The molecule has 1 heterocycles. The minimum Gasteiger partial charge on any atom is -0.496 e. The molecule has 0 spiro atoms. The van der Waals surface area contributed by atoms with Crippen LogP contribution in [0.15, 0.2) is 60.7 Å². The largest absolute Gasteiger partial charge is 0.496 e. The van der Waals surface area contributed by atoms with Gasteiger partial charge in [0.2, 0.25) is 11.8 Å². The number of benzene rings is 2. The van der Waals surface area contributed by atoms with Crippen molar-refractivity contribution >= 4 is 11.8 Å². The molecule has 33 heavy (non-hydrogen) atoms. The van der Waals surface area contributed by atoms with E-state index in [1.807, 2.05) is 47.1 Å². The lowest BCUT2D eigenvalue weighted by Gasteiger charge is -2.28. The number of carbonyl (C=O) groups excluding carboxylic acids is 2. The Morgan fingerprint density at radius 1 is 1.03 bits per heavy atom. The first-order valence-electron chi connectivity index (χ1n) is 12.1. The molecule has 0 saturated carbocycles. The number of hydrogen-bond donors (Lipinski definition) is 0. The Bertz CT molecular complexity index is 1020. The average Bonchev–Trinajstić information content (AvgIpc) is 3.03. The molecule has 1 fully saturated rings. The molecule has 5 nitrogen and oxygen atoms in total. The smallest absolute Gasteiger partial charge is 0.227 e. The number of hydrogen-bond acceptors (Lipinski definition) is 3. The van der Waals surface area contributed by atoms with Crippen molar-refractivity contribution in [1.82, 2.24) is 9.80 Å². The molecule has 1 aliphatic heterocycles.